The molecular formula is C7H7F2NO3. The number of aliphatic carboxylic acids is 1. The van der Waals surface area contributed by atoms with Gasteiger partial charge in [0.25, 0.3) is 0 Å². The van der Waals surface area contributed by atoms with E-state index in [0.29, 0.717) is 0 Å². The van der Waals surface area contributed by atoms with Gasteiger partial charge >= 0.3 is 11.9 Å². The van der Waals surface area contributed by atoms with Crippen LogP contribution in [0.3, 0.4) is 0 Å². The Morgan fingerprint density at radius 2 is 2.31 bits per heavy atom. The van der Waals surface area contributed by atoms with E-state index in [4.69, 9.17) is 10.8 Å². The predicted octanol–water partition coefficient (Wildman–Crippen LogP) is 0.999. The second kappa shape index (κ2) is 3.14. The quantitative estimate of drug-likeness (QED) is 0.747. The zero-order valence-electron chi connectivity index (χ0n) is 6.41. The summed E-state index contributed by atoms with van der Waals surface area (Å²) < 4.78 is 30.0. The minimum absolute atomic E-state index is 0.257. The number of carboxylic acids is 1. The van der Waals surface area contributed by atoms with Gasteiger partial charge in [-0.3, -0.25) is 0 Å². The van der Waals surface area contributed by atoms with Crippen LogP contribution in [0.2, 0.25) is 0 Å². The van der Waals surface area contributed by atoms with Gasteiger partial charge in [-0.25, -0.2) is 4.79 Å². The molecular weight excluding hydrogens is 184 g/mol. The Morgan fingerprint density at radius 3 is 2.69 bits per heavy atom. The minimum Gasteiger partial charge on any atom is -0.477 e. The molecule has 1 rings (SSSR count). The Kier molecular flexibility index (Phi) is 2.33. The van der Waals surface area contributed by atoms with Crippen LogP contribution in [-0.4, -0.2) is 17.0 Å². The first-order valence-electron chi connectivity index (χ1n) is 3.36. The number of hydrogen-bond acceptors (Lipinski definition) is 3. The topological polar surface area (TPSA) is 76.5 Å². The molecule has 0 saturated carbocycles. The van der Waals surface area contributed by atoms with Gasteiger partial charge in [0.2, 0.25) is 0 Å². The summed E-state index contributed by atoms with van der Waals surface area (Å²) >= 11 is 0. The van der Waals surface area contributed by atoms with Crippen LogP contribution >= 0.6 is 0 Å². The number of halogens is 2. The molecule has 72 valence electrons. The van der Waals surface area contributed by atoms with Crippen LogP contribution in [0.1, 0.15) is 11.8 Å². The molecule has 1 aromatic rings. The summed E-state index contributed by atoms with van der Waals surface area (Å²) in [6, 6.07) is 0.592. The first-order valence-corrected chi connectivity index (χ1v) is 3.36. The van der Waals surface area contributed by atoms with Crippen molar-refractivity contribution in [2.75, 3.05) is 0 Å². The second-order valence-corrected chi connectivity index (χ2v) is 2.42. The summed E-state index contributed by atoms with van der Waals surface area (Å²) in [5.74, 6) is -6.54. The van der Waals surface area contributed by atoms with Gasteiger partial charge in [-0.2, -0.15) is 8.78 Å². The number of carboxylic acid groups (broad SMARTS) is 1. The zero-order valence-corrected chi connectivity index (χ0v) is 6.41. The Hall–Kier alpha value is -1.43. The molecule has 0 aliphatic rings. The predicted molar refractivity (Wildman–Crippen MR) is 38.2 cm³/mol. The molecule has 0 amide bonds. The summed E-state index contributed by atoms with van der Waals surface area (Å²) in [5, 5.41) is 8.14. The van der Waals surface area contributed by atoms with E-state index >= 15 is 0 Å². The van der Waals surface area contributed by atoms with Crippen LogP contribution in [0, 0.1) is 0 Å². The van der Waals surface area contributed by atoms with Gasteiger partial charge in [0.05, 0.1) is 6.26 Å². The lowest BCUT2D eigenvalue weighted by Gasteiger charge is -2.16. The fraction of sp³-hybridized carbons (Fsp3) is 0.286. The Balaban J connectivity index is 2.90. The average molecular weight is 191 g/mol. The number of nitrogens with two attached hydrogens (primary N) is 1. The molecule has 0 spiro atoms. The third-order valence-corrected chi connectivity index (χ3v) is 1.53. The minimum atomic E-state index is -4.02. The van der Waals surface area contributed by atoms with E-state index < -0.39 is 17.9 Å². The van der Waals surface area contributed by atoms with Crippen molar-refractivity contribution in [3.8, 4) is 0 Å². The molecule has 1 heterocycles. The third-order valence-electron chi connectivity index (χ3n) is 1.53. The number of hydrogen-bond donors (Lipinski definition) is 2. The van der Waals surface area contributed by atoms with Crippen molar-refractivity contribution in [3.63, 3.8) is 0 Å². The highest BCUT2D eigenvalue weighted by molar-refractivity contribution is 5.76. The largest absolute Gasteiger partial charge is 0.477 e. The molecule has 0 aliphatic carbocycles. The molecule has 1 aromatic heterocycles. The lowest BCUT2D eigenvalue weighted by molar-refractivity contribution is -0.168. The zero-order chi connectivity index (χ0) is 10.1. The molecule has 1 atom stereocenters. The van der Waals surface area contributed by atoms with Crippen LogP contribution in [0.25, 0.3) is 0 Å². The Morgan fingerprint density at radius 1 is 1.69 bits per heavy atom. The molecule has 0 unspecified atom stereocenters. The van der Waals surface area contributed by atoms with E-state index in [-0.39, 0.29) is 5.76 Å². The van der Waals surface area contributed by atoms with Crippen LogP contribution in [-0.2, 0) is 4.79 Å². The van der Waals surface area contributed by atoms with Gasteiger partial charge in [0.1, 0.15) is 11.8 Å². The highest BCUT2D eigenvalue weighted by Gasteiger charge is 2.47. The van der Waals surface area contributed by atoms with Crippen molar-refractivity contribution in [2.24, 2.45) is 5.73 Å². The molecule has 0 aromatic carbocycles. The molecule has 3 N–H and O–H groups in total. The number of alkyl halides is 2. The lowest BCUT2D eigenvalue weighted by Crippen LogP contribution is -2.40. The molecule has 0 fully saturated rings. The van der Waals surface area contributed by atoms with E-state index in [1.54, 1.807) is 0 Å². The highest BCUT2D eigenvalue weighted by Crippen LogP contribution is 2.29. The van der Waals surface area contributed by atoms with Gasteiger partial charge in [0, 0.05) is 0 Å². The molecule has 0 radical (unpaired) electrons. The fourth-order valence-electron chi connectivity index (χ4n) is 0.780. The molecule has 0 bridgehead atoms. The van der Waals surface area contributed by atoms with E-state index in [2.05, 4.69) is 4.42 Å². The van der Waals surface area contributed by atoms with Crippen LogP contribution in [0.5, 0.6) is 0 Å². The lowest BCUT2D eigenvalue weighted by atomic mass is 10.1. The van der Waals surface area contributed by atoms with Gasteiger partial charge in [0.15, 0.2) is 0 Å². The highest BCUT2D eigenvalue weighted by atomic mass is 19.3. The van der Waals surface area contributed by atoms with Crippen molar-refractivity contribution in [3.05, 3.63) is 24.2 Å². The average Bonchev–Trinajstić information content (AvgIpc) is 2.54. The van der Waals surface area contributed by atoms with E-state index in [1.165, 1.54) is 12.1 Å². The van der Waals surface area contributed by atoms with E-state index in [9.17, 15) is 13.6 Å². The number of carbonyl (C=O) groups is 1. The Bertz CT molecular complexity index is 297. The molecule has 0 aliphatic heterocycles. The van der Waals surface area contributed by atoms with Gasteiger partial charge in [-0.05, 0) is 12.1 Å². The maximum atomic E-state index is 12.7. The van der Waals surface area contributed by atoms with Gasteiger partial charge in [-0.15, -0.1) is 0 Å². The van der Waals surface area contributed by atoms with Crippen molar-refractivity contribution in [2.45, 2.75) is 12.0 Å². The SMILES string of the molecule is N[C@@H](c1ccco1)C(F)(F)C(=O)O. The van der Waals surface area contributed by atoms with Crippen molar-refractivity contribution in [1.82, 2.24) is 0 Å². The van der Waals surface area contributed by atoms with Crippen molar-refractivity contribution >= 4 is 5.97 Å². The smallest absolute Gasteiger partial charge is 0.376 e. The molecule has 6 heteroatoms. The van der Waals surface area contributed by atoms with E-state index in [1.807, 2.05) is 0 Å². The first kappa shape index (κ1) is 9.66. The maximum Gasteiger partial charge on any atom is 0.376 e. The summed E-state index contributed by atoms with van der Waals surface area (Å²) in [5.41, 5.74) is 4.99. The van der Waals surface area contributed by atoms with Crippen LogP contribution in [0.15, 0.2) is 22.8 Å². The van der Waals surface area contributed by atoms with Crippen LogP contribution < -0.4 is 5.73 Å². The number of rotatable bonds is 3. The van der Waals surface area contributed by atoms with E-state index in [0.717, 1.165) is 6.26 Å². The second-order valence-electron chi connectivity index (χ2n) is 2.42. The first-order chi connectivity index (χ1) is 5.96. The summed E-state index contributed by atoms with van der Waals surface area (Å²) in [6.07, 6.45) is 1.15. The fourth-order valence-corrected chi connectivity index (χ4v) is 0.780. The summed E-state index contributed by atoms with van der Waals surface area (Å²) in [6.45, 7) is 0. The standard InChI is InChI=1S/C7H7F2NO3/c8-7(9,6(11)12)5(10)4-2-1-3-13-4/h1-3,5H,10H2,(H,11,12)/t5-/m0/s1. The third kappa shape index (κ3) is 1.67. The van der Waals surface area contributed by atoms with Gasteiger partial charge in [-0.1, -0.05) is 0 Å². The maximum absolute atomic E-state index is 12.7. The van der Waals surface area contributed by atoms with Gasteiger partial charge < -0.3 is 15.3 Å². The normalized spacial score (nSPS) is 14.1. The monoisotopic (exact) mass is 191 g/mol. The van der Waals surface area contributed by atoms with Crippen LogP contribution in [0.4, 0.5) is 8.78 Å². The van der Waals surface area contributed by atoms with Crippen molar-refractivity contribution in [1.29, 1.82) is 0 Å². The molecule has 13 heavy (non-hydrogen) atoms. The molecule has 4 nitrogen and oxygen atoms in total. The Labute approximate surface area is 71.9 Å². The number of furan rings is 1. The molecule has 0 saturated heterocycles. The van der Waals surface area contributed by atoms with Crippen molar-refractivity contribution < 1.29 is 23.1 Å². The summed E-state index contributed by atoms with van der Waals surface area (Å²) in [4.78, 5) is 10.1. The summed E-state index contributed by atoms with van der Waals surface area (Å²) in [7, 11) is 0.